The van der Waals surface area contributed by atoms with Gasteiger partial charge >= 0.3 is 10.4 Å². The van der Waals surface area contributed by atoms with Gasteiger partial charge in [-0.2, -0.15) is 8.42 Å². The van der Waals surface area contributed by atoms with E-state index >= 15 is 0 Å². The van der Waals surface area contributed by atoms with Crippen molar-refractivity contribution in [3.05, 3.63) is 0 Å². The molecular formula is C6H17NO6S. The Labute approximate surface area is 83.9 Å². The van der Waals surface area contributed by atoms with Crippen molar-refractivity contribution < 1.29 is 27.4 Å². The van der Waals surface area contributed by atoms with Crippen molar-refractivity contribution in [1.29, 1.82) is 0 Å². The summed E-state index contributed by atoms with van der Waals surface area (Å²) in [5, 5.41) is 16.3. The van der Waals surface area contributed by atoms with E-state index in [1.54, 1.807) is 0 Å². The average Bonchev–Trinajstić information content (AvgIpc) is 1.80. The fraction of sp³-hybridized carbons (Fsp3) is 1.00. The van der Waals surface area contributed by atoms with Crippen LogP contribution in [0.25, 0.3) is 0 Å². The molecule has 0 aliphatic carbocycles. The lowest BCUT2D eigenvalue weighted by molar-refractivity contribution is -0.0520. The minimum absolute atomic E-state index is 0.264. The topological polar surface area (TPSA) is 107 Å². The van der Waals surface area contributed by atoms with Crippen LogP contribution in [-0.2, 0) is 14.6 Å². The van der Waals surface area contributed by atoms with Crippen LogP contribution in [0.5, 0.6) is 0 Å². The lowest BCUT2D eigenvalue weighted by atomic mass is 10.5. The zero-order valence-electron chi connectivity index (χ0n) is 8.41. The summed E-state index contributed by atoms with van der Waals surface area (Å²) in [7, 11) is 1.56. The number of rotatable bonds is 4. The molecule has 0 amide bonds. The molecule has 0 bridgehead atoms. The van der Waals surface area contributed by atoms with Crippen molar-refractivity contribution >= 4 is 10.4 Å². The van der Waals surface area contributed by atoms with Gasteiger partial charge in [0.05, 0.1) is 6.61 Å². The van der Waals surface area contributed by atoms with Gasteiger partial charge in [-0.15, -0.1) is 0 Å². The molecule has 0 aromatic heterocycles. The Morgan fingerprint density at radius 3 is 1.86 bits per heavy atom. The van der Waals surface area contributed by atoms with Gasteiger partial charge in [-0.05, 0) is 21.1 Å². The fourth-order valence-electron chi connectivity index (χ4n) is 0.259. The Balaban J connectivity index is 0. The Kier molecular flexibility index (Phi) is 9.36. The van der Waals surface area contributed by atoms with Crippen molar-refractivity contribution in [2.24, 2.45) is 0 Å². The molecule has 0 saturated carbocycles. The van der Waals surface area contributed by atoms with Gasteiger partial charge in [-0.25, -0.2) is 4.18 Å². The predicted molar refractivity (Wildman–Crippen MR) is 50.0 cm³/mol. The van der Waals surface area contributed by atoms with Crippen molar-refractivity contribution in [3.8, 4) is 0 Å². The minimum atomic E-state index is -4.44. The van der Waals surface area contributed by atoms with E-state index < -0.39 is 23.3 Å². The number of nitrogens with zero attached hydrogens (tertiary/aromatic N) is 1. The summed E-state index contributed by atoms with van der Waals surface area (Å²) in [5.74, 6) is 0. The molecule has 0 unspecified atom stereocenters. The molecule has 14 heavy (non-hydrogen) atoms. The third kappa shape index (κ3) is 29.8. The predicted octanol–water partition coefficient (Wildman–Crippen LogP) is -1.32. The molecule has 0 aromatic rings. The van der Waals surface area contributed by atoms with Crippen LogP contribution in [0.2, 0.25) is 0 Å². The average molecular weight is 231 g/mol. The highest BCUT2D eigenvalue weighted by molar-refractivity contribution is 7.80. The third-order valence-corrected chi connectivity index (χ3v) is 1.07. The second-order valence-electron chi connectivity index (χ2n) is 2.86. The number of hydrogen-bond acceptors (Lipinski definition) is 6. The summed E-state index contributed by atoms with van der Waals surface area (Å²) in [5.41, 5.74) is 0. The van der Waals surface area contributed by atoms with Crippen LogP contribution >= 0.6 is 0 Å². The maximum Gasteiger partial charge on any atom is 0.397 e. The van der Waals surface area contributed by atoms with E-state index in [4.69, 9.17) is 14.8 Å². The molecule has 88 valence electrons. The normalized spacial score (nSPS) is 11.4. The van der Waals surface area contributed by atoms with E-state index in [-0.39, 0.29) is 6.42 Å². The highest BCUT2D eigenvalue weighted by atomic mass is 32.3. The SMILES string of the molecule is CN(C)C.O=S(=O)(O)OCCC(O)O. The van der Waals surface area contributed by atoms with E-state index in [1.807, 2.05) is 26.0 Å². The zero-order valence-corrected chi connectivity index (χ0v) is 9.23. The summed E-state index contributed by atoms with van der Waals surface area (Å²) < 4.78 is 31.2. The lowest BCUT2D eigenvalue weighted by Crippen LogP contribution is -2.12. The molecule has 7 nitrogen and oxygen atoms in total. The van der Waals surface area contributed by atoms with Crippen molar-refractivity contribution in [2.75, 3.05) is 27.7 Å². The molecule has 0 aromatic carbocycles. The van der Waals surface area contributed by atoms with E-state index in [0.29, 0.717) is 0 Å². The van der Waals surface area contributed by atoms with E-state index in [9.17, 15) is 8.42 Å². The van der Waals surface area contributed by atoms with E-state index in [1.165, 1.54) is 0 Å². The van der Waals surface area contributed by atoms with Gasteiger partial charge in [0, 0.05) is 6.42 Å². The maximum atomic E-state index is 9.78. The molecule has 0 aliphatic heterocycles. The van der Waals surface area contributed by atoms with Gasteiger partial charge < -0.3 is 15.1 Å². The lowest BCUT2D eigenvalue weighted by Gasteiger charge is -2.00. The smallest absolute Gasteiger partial charge is 0.368 e. The monoisotopic (exact) mass is 231 g/mol. The molecule has 8 heteroatoms. The third-order valence-electron chi connectivity index (χ3n) is 0.608. The Bertz CT molecular complexity index is 210. The fourth-order valence-corrected chi connectivity index (χ4v) is 0.566. The second kappa shape index (κ2) is 8.09. The first kappa shape index (κ1) is 16.2. The van der Waals surface area contributed by atoms with E-state index in [0.717, 1.165) is 0 Å². The largest absolute Gasteiger partial charge is 0.397 e. The molecule has 3 N–H and O–H groups in total. The summed E-state index contributed by atoms with van der Waals surface area (Å²) in [6.07, 6.45) is -1.89. The Hall–Kier alpha value is -0.250. The van der Waals surface area contributed by atoms with Gasteiger partial charge in [-0.3, -0.25) is 4.55 Å². The molecule has 0 saturated heterocycles. The molecule has 0 rings (SSSR count). The number of aliphatic hydroxyl groups is 2. The zero-order chi connectivity index (χ0) is 11.8. The molecule has 0 atom stereocenters. The number of aliphatic hydroxyl groups excluding tert-OH is 1. The first-order valence-electron chi connectivity index (χ1n) is 3.74. The van der Waals surface area contributed by atoms with Crippen LogP contribution in [0.4, 0.5) is 0 Å². The van der Waals surface area contributed by atoms with Crippen LogP contribution < -0.4 is 0 Å². The summed E-state index contributed by atoms with van der Waals surface area (Å²) >= 11 is 0. The van der Waals surface area contributed by atoms with Crippen molar-refractivity contribution in [2.45, 2.75) is 12.7 Å². The Morgan fingerprint density at radius 1 is 1.29 bits per heavy atom. The Morgan fingerprint density at radius 2 is 1.64 bits per heavy atom. The summed E-state index contributed by atoms with van der Waals surface area (Å²) in [6, 6.07) is 0. The molecule has 0 spiro atoms. The molecule has 0 fully saturated rings. The number of hydrogen-bond donors (Lipinski definition) is 3. The quantitative estimate of drug-likeness (QED) is 0.407. The molecule has 0 heterocycles. The first-order chi connectivity index (χ1) is 6.15. The van der Waals surface area contributed by atoms with Gasteiger partial charge in [-0.1, -0.05) is 0 Å². The van der Waals surface area contributed by atoms with Crippen LogP contribution in [-0.4, -0.2) is 62.1 Å². The summed E-state index contributed by atoms with van der Waals surface area (Å²) in [6.45, 7) is -0.448. The highest BCUT2D eigenvalue weighted by Gasteiger charge is 2.05. The van der Waals surface area contributed by atoms with Crippen LogP contribution in [0.15, 0.2) is 0 Å². The molecule has 0 radical (unpaired) electrons. The highest BCUT2D eigenvalue weighted by Crippen LogP contribution is 1.91. The summed E-state index contributed by atoms with van der Waals surface area (Å²) in [4.78, 5) is 2.00. The van der Waals surface area contributed by atoms with Gasteiger partial charge in [0.1, 0.15) is 0 Å². The molecule has 0 aliphatic rings. The van der Waals surface area contributed by atoms with Gasteiger partial charge in [0.2, 0.25) is 0 Å². The van der Waals surface area contributed by atoms with Gasteiger partial charge in [0.15, 0.2) is 6.29 Å². The maximum absolute atomic E-state index is 9.78. The first-order valence-corrected chi connectivity index (χ1v) is 5.10. The standard InChI is InChI=1S/C3H9N.C3H8O6S/c1-4(2)3;4-3(5)1-2-9-10(6,7)8/h1-3H3;3-5H,1-2H2,(H,6,7,8). The minimum Gasteiger partial charge on any atom is -0.368 e. The van der Waals surface area contributed by atoms with Crippen LogP contribution in [0.1, 0.15) is 6.42 Å². The van der Waals surface area contributed by atoms with Crippen LogP contribution in [0.3, 0.4) is 0 Å². The molecular weight excluding hydrogens is 214 g/mol. The van der Waals surface area contributed by atoms with Crippen molar-refractivity contribution in [1.82, 2.24) is 4.90 Å². The second-order valence-corrected chi connectivity index (χ2v) is 3.95. The van der Waals surface area contributed by atoms with E-state index in [2.05, 4.69) is 4.18 Å². The van der Waals surface area contributed by atoms with Gasteiger partial charge in [0.25, 0.3) is 0 Å². The van der Waals surface area contributed by atoms with Crippen LogP contribution in [0, 0.1) is 0 Å². The van der Waals surface area contributed by atoms with Crippen molar-refractivity contribution in [3.63, 3.8) is 0 Å².